The maximum Gasteiger partial charge on any atom is 0.164 e. The fourth-order valence-electron chi connectivity index (χ4n) is 8.53. The van der Waals surface area contributed by atoms with Crippen molar-refractivity contribution in [1.29, 1.82) is 0 Å². The zero-order valence-electron chi connectivity index (χ0n) is 32.7. The molecule has 0 fully saturated rings. The van der Waals surface area contributed by atoms with Crippen LogP contribution in [0.1, 0.15) is 95.5 Å². The van der Waals surface area contributed by atoms with Crippen molar-refractivity contribution in [2.24, 2.45) is 0 Å². The van der Waals surface area contributed by atoms with Crippen LogP contribution in [0.5, 0.6) is 0 Å². The summed E-state index contributed by atoms with van der Waals surface area (Å²) in [6.07, 6.45) is 5.79. The summed E-state index contributed by atoms with van der Waals surface area (Å²) in [6, 6.07) is 39.7. The van der Waals surface area contributed by atoms with Crippen molar-refractivity contribution >= 4 is 23.1 Å². The van der Waals surface area contributed by atoms with Crippen LogP contribution in [0.2, 0.25) is 0 Å². The third kappa shape index (κ3) is 5.98. The van der Waals surface area contributed by atoms with Crippen LogP contribution in [0, 0.1) is 0 Å². The molecule has 7 aromatic rings. The van der Waals surface area contributed by atoms with Gasteiger partial charge in [-0.3, -0.25) is 0 Å². The summed E-state index contributed by atoms with van der Waals surface area (Å²) in [7, 11) is 0. The van der Waals surface area contributed by atoms with Crippen LogP contribution in [0.25, 0.3) is 68.3 Å². The zero-order chi connectivity index (χ0) is 37.6. The Balaban J connectivity index is 1.08. The standard InChI is InChI=1S/C50H48N4/c1-48(2,3)37-21-17-32(18-22-37)46-52-45(53-47(54-46)33-19-23-38(24-20-33)49(4,5)6)31-15-13-30(14-16-31)36-27-43-44(50(7,8)29-36)41-28-40-35(26-42(41)51-43)25-34-11-9-10-12-39(34)40/h9-28,36,51H,29H2,1-8H3. The Morgan fingerprint density at radius 2 is 1.13 bits per heavy atom. The van der Waals surface area contributed by atoms with E-state index in [9.17, 15) is 0 Å². The van der Waals surface area contributed by atoms with Gasteiger partial charge < -0.3 is 4.98 Å². The normalized spacial score (nSPS) is 16.0. The lowest BCUT2D eigenvalue weighted by atomic mass is 9.71. The maximum atomic E-state index is 5.07. The summed E-state index contributed by atoms with van der Waals surface area (Å²) in [4.78, 5) is 19.0. The number of benzene rings is 5. The van der Waals surface area contributed by atoms with Gasteiger partial charge in [-0.2, -0.15) is 0 Å². The molecule has 2 heterocycles. The quantitative estimate of drug-likeness (QED) is 0.198. The SMILES string of the molecule is CC(C)(C)c1ccc(-c2nc(-c3ccc(C4C=c5[nH]c6cc7c(cc6c5C(C)(C)C4)-c4ccccc4C=7)cc3)nc(-c3ccc(C(C)(C)C)cc3)n2)cc1. The number of nitrogens with one attached hydrogen (secondary N) is 1. The van der Waals surface area contributed by atoms with Crippen LogP contribution in [0.15, 0.2) is 109 Å². The van der Waals surface area contributed by atoms with E-state index in [1.807, 2.05) is 0 Å². The highest BCUT2D eigenvalue weighted by Gasteiger charge is 2.33. The molecule has 5 aromatic carbocycles. The predicted octanol–water partition coefficient (Wildman–Crippen LogP) is 11.0. The average molecular weight is 705 g/mol. The number of rotatable bonds is 4. The van der Waals surface area contributed by atoms with Crippen LogP contribution < -0.4 is 10.6 Å². The number of nitrogens with zero attached hydrogens (tertiary/aromatic N) is 3. The largest absolute Gasteiger partial charge is 0.355 e. The molecule has 54 heavy (non-hydrogen) atoms. The van der Waals surface area contributed by atoms with Crippen LogP contribution in [0.3, 0.4) is 0 Å². The zero-order valence-corrected chi connectivity index (χ0v) is 32.7. The monoisotopic (exact) mass is 704 g/mol. The van der Waals surface area contributed by atoms with Crippen molar-refractivity contribution in [2.75, 3.05) is 0 Å². The van der Waals surface area contributed by atoms with Crippen molar-refractivity contribution in [2.45, 2.75) is 84.0 Å². The molecule has 1 atom stereocenters. The second kappa shape index (κ2) is 12.2. The second-order valence-electron chi connectivity index (χ2n) is 18.1. The van der Waals surface area contributed by atoms with Crippen LogP contribution in [-0.2, 0) is 16.2 Å². The smallest absolute Gasteiger partial charge is 0.164 e. The van der Waals surface area contributed by atoms with Crippen molar-refractivity contribution < 1.29 is 0 Å². The minimum atomic E-state index is -0.00909. The summed E-state index contributed by atoms with van der Waals surface area (Å²) < 4.78 is 0. The van der Waals surface area contributed by atoms with E-state index in [-0.39, 0.29) is 22.2 Å². The fourth-order valence-corrected chi connectivity index (χ4v) is 8.53. The third-order valence-electron chi connectivity index (χ3n) is 11.6. The highest BCUT2D eigenvalue weighted by molar-refractivity contribution is 5.94. The van der Waals surface area contributed by atoms with Gasteiger partial charge in [0.1, 0.15) is 0 Å². The van der Waals surface area contributed by atoms with Gasteiger partial charge in [0.25, 0.3) is 0 Å². The van der Waals surface area contributed by atoms with E-state index in [1.165, 1.54) is 60.4 Å². The van der Waals surface area contributed by atoms with E-state index >= 15 is 0 Å². The molecule has 4 nitrogen and oxygen atoms in total. The average Bonchev–Trinajstić information content (AvgIpc) is 3.70. The number of hydrogen-bond acceptors (Lipinski definition) is 3. The molecule has 0 bridgehead atoms. The number of fused-ring (bicyclic) bond motifs is 6. The summed E-state index contributed by atoms with van der Waals surface area (Å²) in [6.45, 7) is 18.2. The molecule has 2 aliphatic rings. The molecule has 268 valence electrons. The number of aromatic nitrogens is 4. The molecule has 0 amide bonds. The van der Waals surface area contributed by atoms with Crippen molar-refractivity contribution in [3.8, 4) is 45.3 Å². The Morgan fingerprint density at radius 3 is 1.67 bits per heavy atom. The highest BCUT2D eigenvalue weighted by Crippen LogP contribution is 2.42. The molecule has 0 saturated heterocycles. The highest BCUT2D eigenvalue weighted by atomic mass is 15.0. The van der Waals surface area contributed by atoms with E-state index in [1.54, 1.807) is 0 Å². The summed E-state index contributed by atoms with van der Waals surface area (Å²) in [5.41, 5.74) is 13.5. The van der Waals surface area contributed by atoms with Gasteiger partial charge in [-0.15, -0.1) is 0 Å². The lowest BCUT2D eigenvalue weighted by Gasteiger charge is -2.32. The van der Waals surface area contributed by atoms with Crippen LogP contribution >= 0.6 is 0 Å². The molecule has 1 unspecified atom stereocenters. The van der Waals surface area contributed by atoms with Gasteiger partial charge in [0.15, 0.2) is 17.5 Å². The van der Waals surface area contributed by atoms with E-state index in [2.05, 4.69) is 182 Å². The van der Waals surface area contributed by atoms with Crippen molar-refractivity contribution in [1.82, 2.24) is 19.9 Å². The fraction of sp³-hybridized carbons (Fsp3) is 0.260. The molecule has 0 spiro atoms. The summed E-state index contributed by atoms with van der Waals surface area (Å²) >= 11 is 0. The predicted molar refractivity (Wildman–Crippen MR) is 225 cm³/mol. The molecule has 4 heteroatoms. The molecule has 2 aromatic heterocycles. The van der Waals surface area contributed by atoms with Gasteiger partial charge in [-0.1, -0.05) is 159 Å². The van der Waals surface area contributed by atoms with Gasteiger partial charge in [-0.25, -0.2) is 15.0 Å². The summed E-state index contributed by atoms with van der Waals surface area (Å²) in [5, 5.41) is 3.88. The molecule has 1 N–H and O–H groups in total. The number of H-pyrrole nitrogens is 1. The first-order chi connectivity index (χ1) is 25.7. The Kier molecular flexibility index (Phi) is 7.73. The molecule has 2 aliphatic carbocycles. The Labute approximate surface area is 318 Å². The third-order valence-corrected chi connectivity index (χ3v) is 11.6. The lowest BCUT2D eigenvalue weighted by molar-refractivity contribution is 0.453. The van der Waals surface area contributed by atoms with E-state index in [0.717, 1.165) is 23.1 Å². The minimum absolute atomic E-state index is 0.00909. The molecule has 0 aliphatic heterocycles. The van der Waals surface area contributed by atoms with Gasteiger partial charge in [-0.05, 0) is 85.0 Å². The number of aromatic amines is 1. The van der Waals surface area contributed by atoms with Gasteiger partial charge in [0, 0.05) is 38.9 Å². The summed E-state index contributed by atoms with van der Waals surface area (Å²) in [5.74, 6) is 2.32. The first-order valence-corrected chi connectivity index (χ1v) is 19.3. The first kappa shape index (κ1) is 34.2. The van der Waals surface area contributed by atoms with Crippen molar-refractivity contribution in [3.63, 3.8) is 0 Å². The molecule has 0 saturated carbocycles. The van der Waals surface area contributed by atoms with Gasteiger partial charge in [0.05, 0.1) is 0 Å². The Bertz CT molecular complexity index is 2620. The molecular formula is C50H48N4. The van der Waals surface area contributed by atoms with E-state index in [4.69, 9.17) is 15.0 Å². The maximum absolute atomic E-state index is 5.07. The second-order valence-corrected chi connectivity index (χ2v) is 18.1. The van der Waals surface area contributed by atoms with E-state index in [0.29, 0.717) is 17.5 Å². The Hall–Kier alpha value is -5.61. The van der Waals surface area contributed by atoms with Crippen LogP contribution in [-0.4, -0.2) is 19.9 Å². The molecular weight excluding hydrogens is 657 g/mol. The topological polar surface area (TPSA) is 54.5 Å². The lowest BCUT2D eigenvalue weighted by Crippen LogP contribution is -2.32. The van der Waals surface area contributed by atoms with E-state index < -0.39 is 0 Å². The first-order valence-electron chi connectivity index (χ1n) is 19.3. The van der Waals surface area contributed by atoms with Gasteiger partial charge in [0.2, 0.25) is 0 Å². The van der Waals surface area contributed by atoms with Gasteiger partial charge >= 0.3 is 0 Å². The van der Waals surface area contributed by atoms with Crippen molar-refractivity contribution in [3.05, 3.63) is 148 Å². The molecule has 9 rings (SSSR count). The molecule has 0 radical (unpaired) electrons. The minimum Gasteiger partial charge on any atom is -0.355 e. The Morgan fingerprint density at radius 1 is 0.611 bits per heavy atom. The van der Waals surface area contributed by atoms with Crippen LogP contribution in [0.4, 0.5) is 0 Å². The number of hydrogen-bond donors (Lipinski definition) is 1.